The van der Waals surface area contributed by atoms with Crippen molar-refractivity contribution in [1.82, 2.24) is 0 Å². The van der Waals surface area contributed by atoms with Crippen molar-refractivity contribution in [2.45, 2.75) is 24.4 Å². The van der Waals surface area contributed by atoms with Gasteiger partial charge in [0.25, 0.3) is 0 Å². The van der Waals surface area contributed by atoms with Crippen LogP contribution in [0.3, 0.4) is 0 Å². The Morgan fingerprint density at radius 1 is 0.826 bits per heavy atom. The third kappa shape index (κ3) is 3.32. The van der Waals surface area contributed by atoms with Crippen LogP contribution in [0.25, 0.3) is 0 Å². The van der Waals surface area contributed by atoms with E-state index in [0.717, 1.165) is 22.5 Å². The van der Waals surface area contributed by atoms with Gasteiger partial charge in [0.05, 0.1) is 13.2 Å². The molecule has 0 bridgehead atoms. The van der Waals surface area contributed by atoms with E-state index < -0.39 is 0 Å². The Morgan fingerprint density at radius 3 is 1.61 bits per heavy atom. The number of nitrogen functional groups attached to an aromatic ring is 2. The number of nitrogens with two attached hydrogens (primary N) is 2. The van der Waals surface area contributed by atoms with Crippen LogP contribution < -0.4 is 11.5 Å². The molecule has 23 heavy (non-hydrogen) atoms. The third-order valence-electron chi connectivity index (χ3n) is 4.17. The van der Waals surface area contributed by atoms with Crippen LogP contribution in [0.15, 0.2) is 48.5 Å². The summed E-state index contributed by atoms with van der Waals surface area (Å²) in [6.07, 6.45) is -0.179. The second kappa shape index (κ2) is 5.85. The number of ether oxygens (including phenoxy) is 3. The summed E-state index contributed by atoms with van der Waals surface area (Å²) in [5.74, 6) is 0. The van der Waals surface area contributed by atoms with Crippen LogP contribution >= 0.6 is 0 Å². The zero-order valence-electron chi connectivity index (χ0n) is 12.7. The Balaban J connectivity index is 1.61. The Hall–Kier alpha value is -2.08. The van der Waals surface area contributed by atoms with Gasteiger partial charge in [0.2, 0.25) is 0 Å². The molecule has 2 aliphatic rings. The second-order valence-electron chi connectivity index (χ2n) is 6.06. The van der Waals surface area contributed by atoms with Crippen molar-refractivity contribution in [3.8, 4) is 0 Å². The normalized spacial score (nSPS) is 24.9. The minimum absolute atomic E-state index is 0.0686. The highest BCUT2D eigenvalue weighted by Crippen LogP contribution is 2.40. The van der Waals surface area contributed by atoms with E-state index in [2.05, 4.69) is 0 Å². The molecule has 2 aliphatic heterocycles. The average Bonchev–Trinajstić information content (AvgIpc) is 3.41. The Morgan fingerprint density at radius 2 is 1.26 bits per heavy atom. The summed E-state index contributed by atoms with van der Waals surface area (Å²) in [7, 11) is 0. The lowest BCUT2D eigenvalue weighted by Gasteiger charge is -2.24. The molecule has 0 spiro atoms. The fraction of sp³-hybridized carbons (Fsp3) is 0.333. The van der Waals surface area contributed by atoms with E-state index in [1.54, 1.807) is 0 Å². The van der Waals surface area contributed by atoms with Gasteiger partial charge in [0.1, 0.15) is 24.4 Å². The van der Waals surface area contributed by atoms with E-state index >= 15 is 0 Å². The standard InChI is InChI=1S/C18H20N2O3/c19-13-5-1-3-11(7-13)17(15-9-21-15)23-18(16-10-22-16)12-4-2-6-14(20)8-12/h1-8,15-18H,9-10,19-20H2. The fourth-order valence-corrected chi connectivity index (χ4v) is 2.85. The predicted molar refractivity (Wildman–Crippen MR) is 87.8 cm³/mol. The van der Waals surface area contributed by atoms with Crippen molar-refractivity contribution in [3.63, 3.8) is 0 Å². The Bertz CT molecular complexity index is 639. The van der Waals surface area contributed by atoms with Crippen molar-refractivity contribution in [2.24, 2.45) is 0 Å². The summed E-state index contributed by atoms with van der Waals surface area (Å²) in [6.45, 7) is 1.41. The van der Waals surface area contributed by atoms with Crippen LogP contribution in [0.4, 0.5) is 11.4 Å². The number of rotatable bonds is 6. The quantitative estimate of drug-likeness (QED) is 0.632. The first kappa shape index (κ1) is 14.5. The first-order valence-corrected chi connectivity index (χ1v) is 7.80. The van der Waals surface area contributed by atoms with Gasteiger partial charge >= 0.3 is 0 Å². The molecule has 4 unspecified atom stereocenters. The lowest BCUT2D eigenvalue weighted by atomic mass is 10.0. The second-order valence-corrected chi connectivity index (χ2v) is 6.06. The maximum absolute atomic E-state index is 6.42. The van der Waals surface area contributed by atoms with Crippen LogP contribution in [0.2, 0.25) is 0 Å². The molecule has 2 aromatic carbocycles. The van der Waals surface area contributed by atoms with E-state index in [1.807, 2.05) is 48.5 Å². The van der Waals surface area contributed by atoms with E-state index in [4.69, 9.17) is 25.7 Å². The molecule has 2 aromatic rings. The van der Waals surface area contributed by atoms with Gasteiger partial charge in [0, 0.05) is 11.4 Å². The van der Waals surface area contributed by atoms with Crippen molar-refractivity contribution in [1.29, 1.82) is 0 Å². The highest BCUT2D eigenvalue weighted by atomic mass is 16.6. The number of anilines is 2. The zero-order valence-corrected chi connectivity index (χ0v) is 12.7. The summed E-state index contributed by atoms with van der Waals surface area (Å²) in [5.41, 5.74) is 15.3. The molecule has 0 aromatic heterocycles. The van der Waals surface area contributed by atoms with Crippen molar-refractivity contribution in [2.75, 3.05) is 24.7 Å². The van der Waals surface area contributed by atoms with Crippen molar-refractivity contribution in [3.05, 3.63) is 59.7 Å². The average molecular weight is 312 g/mol. The Labute approximate surface area is 135 Å². The van der Waals surface area contributed by atoms with Gasteiger partial charge in [-0.15, -0.1) is 0 Å². The molecule has 4 atom stereocenters. The van der Waals surface area contributed by atoms with Crippen LogP contribution in [0, 0.1) is 0 Å². The minimum Gasteiger partial charge on any atom is -0.399 e. The van der Waals surface area contributed by atoms with Gasteiger partial charge in [-0.05, 0) is 35.4 Å². The summed E-state index contributed by atoms with van der Waals surface area (Å²) >= 11 is 0. The van der Waals surface area contributed by atoms with Crippen LogP contribution in [-0.4, -0.2) is 25.4 Å². The van der Waals surface area contributed by atoms with E-state index in [1.165, 1.54) is 0 Å². The van der Waals surface area contributed by atoms with Crippen molar-refractivity contribution >= 4 is 11.4 Å². The molecule has 0 saturated carbocycles. The molecule has 2 fully saturated rings. The van der Waals surface area contributed by atoms with Crippen molar-refractivity contribution < 1.29 is 14.2 Å². The minimum atomic E-state index is -0.158. The summed E-state index contributed by atoms with van der Waals surface area (Å²) in [6, 6.07) is 15.5. The maximum atomic E-state index is 6.42. The van der Waals surface area contributed by atoms with Crippen LogP contribution in [0.5, 0.6) is 0 Å². The van der Waals surface area contributed by atoms with E-state index in [9.17, 15) is 0 Å². The zero-order chi connectivity index (χ0) is 15.8. The first-order chi connectivity index (χ1) is 11.2. The van der Waals surface area contributed by atoms with Crippen LogP contribution in [0.1, 0.15) is 23.3 Å². The summed E-state index contributed by atoms with van der Waals surface area (Å²) in [4.78, 5) is 0. The highest BCUT2D eigenvalue weighted by Gasteiger charge is 2.42. The monoisotopic (exact) mass is 312 g/mol. The molecule has 4 N–H and O–H groups in total. The lowest BCUT2D eigenvalue weighted by Crippen LogP contribution is -2.19. The van der Waals surface area contributed by atoms with Gasteiger partial charge in [-0.1, -0.05) is 24.3 Å². The van der Waals surface area contributed by atoms with E-state index in [-0.39, 0.29) is 24.4 Å². The molecule has 120 valence electrons. The summed E-state index contributed by atoms with van der Waals surface area (Å²) in [5, 5.41) is 0. The van der Waals surface area contributed by atoms with E-state index in [0.29, 0.717) is 13.2 Å². The van der Waals surface area contributed by atoms with Gasteiger partial charge in [-0.25, -0.2) is 0 Å². The SMILES string of the molecule is Nc1cccc(C(OC(c2cccc(N)c2)C2CO2)C2CO2)c1. The van der Waals surface area contributed by atoms with Gasteiger partial charge in [0.15, 0.2) is 0 Å². The predicted octanol–water partition coefficient (Wildman–Crippen LogP) is 2.45. The molecule has 0 aliphatic carbocycles. The smallest absolute Gasteiger partial charge is 0.112 e. The maximum Gasteiger partial charge on any atom is 0.112 e. The molecule has 2 saturated heterocycles. The number of epoxide rings is 2. The van der Waals surface area contributed by atoms with Gasteiger partial charge in [-0.3, -0.25) is 0 Å². The summed E-state index contributed by atoms with van der Waals surface area (Å²) < 4.78 is 17.4. The number of hydrogen-bond donors (Lipinski definition) is 2. The fourth-order valence-electron chi connectivity index (χ4n) is 2.85. The topological polar surface area (TPSA) is 86.3 Å². The molecule has 0 radical (unpaired) electrons. The Kier molecular flexibility index (Phi) is 3.69. The van der Waals surface area contributed by atoms with Gasteiger partial charge in [-0.2, -0.15) is 0 Å². The van der Waals surface area contributed by atoms with Gasteiger partial charge < -0.3 is 25.7 Å². The third-order valence-corrected chi connectivity index (χ3v) is 4.17. The largest absolute Gasteiger partial charge is 0.399 e. The highest BCUT2D eigenvalue weighted by molar-refractivity contribution is 5.43. The molecule has 5 heteroatoms. The molecule has 4 rings (SSSR count). The molecular weight excluding hydrogens is 292 g/mol. The molecule has 5 nitrogen and oxygen atoms in total. The first-order valence-electron chi connectivity index (χ1n) is 7.80. The lowest BCUT2D eigenvalue weighted by molar-refractivity contribution is -0.0418. The molecule has 0 amide bonds. The number of benzene rings is 2. The number of hydrogen-bond acceptors (Lipinski definition) is 5. The molecule has 2 heterocycles. The van der Waals surface area contributed by atoms with Crippen LogP contribution in [-0.2, 0) is 14.2 Å². The molecular formula is C18H20N2O3.